The van der Waals surface area contributed by atoms with E-state index < -0.39 is 27.2 Å². The van der Waals surface area contributed by atoms with Gasteiger partial charge in [-0.1, -0.05) is 43.2 Å². The Kier molecular flexibility index (Phi) is 9.49. The third kappa shape index (κ3) is 6.59. The van der Waals surface area contributed by atoms with Crippen LogP contribution in [0.4, 0.5) is 5.69 Å². The molecule has 2 unspecified atom stereocenters. The smallest absolute Gasteiger partial charge is 0.335 e. The standard InChI is InChI=1S/C38H44ClN3O6S/c1-24-25(5-2-7-35(24)49(46,47)37-40-17-4-18-41-37)9-14-33(43)30-12-8-28(30)21-42-22-38(16-3-6-26-19-29(39)11-13-31(26)38)23-48-34-15-10-27(36(44)45)20-32(34)42/h4,9-11,13-15,17-20,24-25,28,30,33,35,43H,2-3,5-8,12,16,21-23H2,1H3,(H,44,45)/b14-9+/t24-,25-,28+,30-,33?,35+,38?/m1/s1. The first-order chi connectivity index (χ1) is 23.6. The first kappa shape index (κ1) is 34.0. The van der Waals surface area contributed by atoms with Gasteiger partial charge in [-0.05, 0) is 116 Å². The molecule has 4 aliphatic rings. The Morgan fingerprint density at radius 3 is 2.69 bits per heavy atom. The number of rotatable bonds is 8. The fourth-order valence-electron chi connectivity index (χ4n) is 8.83. The van der Waals surface area contributed by atoms with Gasteiger partial charge in [0.25, 0.3) is 0 Å². The summed E-state index contributed by atoms with van der Waals surface area (Å²) in [6.45, 7) is 3.81. The number of aromatic nitrogens is 2. The van der Waals surface area contributed by atoms with Crippen molar-refractivity contribution in [3.05, 3.63) is 88.7 Å². The fourth-order valence-corrected chi connectivity index (χ4v) is 11.0. The van der Waals surface area contributed by atoms with Crippen molar-refractivity contribution >= 4 is 33.1 Å². The molecule has 3 aromatic rings. The molecule has 1 aromatic heterocycles. The maximum absolute atomic E-state index is 13.4. The molecule has 1 aliphatic heterocycles. The van der Waals surface area contributed by atoms with E-state index in [1.165, 1.54) is 23.5 Å². The third-order valence-electron chi connectivity index (χ3n) is 11.7. The van der Waals surface area contributed by atoms with Crippen LogP contribution in [0.3, 0.4) is 0 Å². The molecule has 260 valence electrons. The number of sulfone groups is 1. The van der Waals surface area contributed by atoms with Gasteiger partial charge < -0.3 is 19.8 Å². The van der Waals surface area contributed by atoms with E-state index in [2.05, 4.69) is 27.0 Å². The summed E-state index contributed by atoms with van der Waals surface area (Å²) < 4.78 is 33.3. The summed E-state index contributed by atoms with van der Waals surface area (Å²) in [5, 5.41) is 21.4. The molecule has 0 saturated heterocycles. The Hall–Kier alpha value is -3.47. The lowest BCUT2D eigenvalue weighted by atomic mass is 9.68. The van der Waals surface area contributed by atoms with Crippen molar-refractivity contribution in [3.63, 3.8) is 0 Å². The number of nitrogens with zero attached hydrogens (tertiary/aromatic N) is 3. The Morgan fingerprint density at radius 1 is 1.12 bits per heavy atom. The second kappa shape index (κ2) is 13.7. The van der Waals surface area contributed by atoms with Gasteiger partial charge in [-0.15, -0.1) is 0 Å². The normalized spacial score (nSPS) is 29.0. The second-order valence-electron chi connectivity index (χ2n) is 14.5. The Morgan fingerprint density at radius 2 is 1.94 bits per heavy atom. The maximum atomic E-state index is 13.4. The number of aryl methyl sites for hydroxylation is 1. The predicted molar refractivity (Wildman–Crippen MR) is 188 cm³/mol. The molecule has 1 spiro atoms. The molecule has 2 aromatic carbocycles. The number of fused-ring (bicyclic) bond motifs is 3. The molecule has 2 saturated carbocycles. The largest absolute Gasteiger partial charge is 0.490 e. The van der Waals surface area contributed by atoms with Crippen LogP contribution >= 0.6 is 11.6 Å². The number of benzene rings is 2. The highest BCUT2D eigenvalue weighted by Crippen LogP contribution is 2.47. The molecular weight excluding hydrogens is 662 g/mol. The van der Waals surface area contributed by atoms with Gasteiger partial charge in [-0.25, -0.2) is 23.2 Å². The lowest BCUT2D eigenvalue weighted by Gasteiger charge is -2.45. The molecular formula is C38H44ClN3O6S. The van der Waals surface area contributed by atoms with Crippen LogP contribution in [0.2, 0.25) is 5.02 Å². The highest BCUT2D eigenvalue weighted by atomic mass is 35.5. The second-order valence-corrected chi connectivity index (χ2v) is 17.0. The number of ether oxygens (including phenoxy) is 1. The SMILES string of the molecule is C[C@@H]1[C@@H](/C=C/C(O)[C@@H]2CC[C@H]2CN2CC3(CCCc4cc(Cl)ccc43)COc3ccc(C(=O)O)cc32)CCC[C@@H]1S(=O)(=O)c1ncccn1. The van der Waals surface area contributed by atoms with Crippen molar-refractivity contribution in [1.82, 2.24) is 9.97 Å². The van der Waals surface area contributed by atoms with Gasteiger partial charge in [0.1, 0.15) is 5.75 Å². The summed E-state index contributed by atoms with van der Waals surface area (Å²) in [6, 6.07) is 12.8. The van der Waals surface area contributed by atoms with Crippen LogP contribution in [0.5, 0.6) is 5.75 Å². The molecule has 9 nitrogen and oxygen atoms in total. The zero-order valence-corrected chi connectivity index (χ0v) is 29.3. The van der Waals surface area contributed by atoms with E-state index in [0.29, 0.717) is 31.9 Å². The fraction of sp³-hybridized carbons (Fsp3) is 0.500. The van der Waals surface area contributed by atoms with Crippen molar-refractivity contribution in [2.45, 2.75) is 80.2 Å². The molecule has 0 bridgehead atoms. The highest BCUT2D eigenvalue weighted by molar-refractivity contribution is 7.91. The molecule has 3 aliphatic carbocycles. The summed E-state index contributed by atoms with van der Waals surface area (Å²) in [5.41, 5.74) is 3.20. The average molecular weight is 706 g/mol. The number of aliphatic hydroxyl groups is 1. The minimum atomic E-state index is -3.66. The summed E-state index contributed by atoms with van der Waals surface area (Å²) >= 11 is 6.40. The summed E-state index contributed by atoms with van der Waals surface area (Å²) in [5.74, 6) is -0.188. The minimum absolute atomic E-state index is 0.0224. The summed E-state index contributed by atoms with van der Waals surface area (Å²) in [6.07, 6.45) is 13.2. The number of anilines is 1. The zero-order chi connectivity index (χ0) is 34.3. The quantitative estimate of drug-likeness (QED) is 0.199. The molecule has 7 atom stereocenters. The van der Waals surface area contributed by atoms with Gasteiger partial charge in [0.2, 0.25) is 15.0 Å². The molecule has 0 radical (unpaired) electrons. The molecule has 49 heavy (non-hydrogen) atoms. The van der Waals surface area contributed by atoms with Crippen LogP contribution in [0.25, 0.3) is 0 Å². The minimum Gasteiger partial charge on any atom is -0.490 e. The average Bonchev–Trinajstić information content (AvgIpc) is 3.23. The van der Waals surface area contributed by atoms with Gasteiger partial charge in [0, 0.05) is 35.9 Å². The Labute approximate surface area is 293 Å². The van der Waals surface area contributed by atoms with Gasteiger partial charge in [0.15, 0.2) is 0 Å². The van der Waals surface area contributed by atoms with E-state index >= 15 is 0 Å². The Balaban J connectivity index is 1.10. The van der Waals surface area contributed by atoms with Crippen LogP contribution in [0.15, 0.2) is 72.2 Å². The van der Waals surface area contributed by atoms with Gasteiger partial charge in [-0.3, -0.25) is 0 Å². The first-order valence-corrected chi connectivity index (χ1v) is 19.4. The summed E-state index contributed by atoms with van der Waals surface area (Å²) in [7, 11) is -3.66. The van der Waals surface area contributed by atoms with Crippen molar-refractivity contribution in [2.24, 2.45) is 23.7 Å². The molecule has 2 N–H and O–H groups in total. The molecule has 2 fully saturated rings. The van der Waals surface area contributed by atoms with Crippen LogP contribution < -0.4 is 9.64 Å². The number of carboxylic acids is 1. The Bertz CT molecular complexity index is 1840. The van der Waals surface area contributed by atoms with Crippen LogP contribution in [-0.4, -0.2) is 65.6 Å². The predicted octanol–water partition coefficient (Wildman–Crippen LogP) is 6.52. The molecule has 0 amide bonds. The number of carbonyl (C=O) groups is 1. The molecule has 2 heterocycles. The monoisotopic (exact) mass is 705 g/mol. The zero-order valence-electron chi connectivity index (χ0n) is 27.7. The van der Waals surface area contributed by atoms with Crippen molar-refractivity contribution in [3.8, 4) is 5.75 Å². The molecule has 11 heteroatoms. The van der Waals surface area contributed by atoms with E-state index in [4.69, 9.17) is 16.3 Å². The lowest BCUT2D eigenvalue weighted by molar-refractivity contribution is 0.0452. The number of allylic oxidation sites excluding steroid dienone is 1. The van der Waals surface area contributed by atoms with Gasteiger partial charge >= 0.3 is 5.97 Å². The third-order valence-corrected chi connectivity index (χ3v) is 14.1. The number of aliphatic hydroxyl groups excluding tert-OH is 1. The van der Waals surface area contributed by atoms with E-state index in [1.54, 1.807) is 24.3 Å². The number of halogens is 1. The number of hydrogen-bond donors (Lipinski definition) is 2. The topological polar surface area (TPSA) is 130 Å². The van der Waals surface area contributed by atoms with Crippen molar-refractivity contribution < 1.29 is 28.2 Å². The van der Waals surface area contributed by atoms with Crippen molar-refractivity contribution in [2.75, 3.05) is 24.6 Å². The van der Waals surface area contributed by atoms with Gasteiger partial charge in [0.05, 0.1) is 29.2 Å². The highest BCUT2D eigenvalue weighted by Gasteiger charge is 2.45. The van der Waals surface area contributed by atoms with Gasteiger partial charge in [-0.2, -0.15) is 0 Å². The number of hydrogen-bond acceptors (Lipinski definition) is 8. The van der Waals surface area contributed by atoms with Crippen LogP contribution in [-0.2, 0) is 21.7 Å². The molecule has 7 rings (SSSR count). The maximum Gasteiger partial charge on any atom is 0.335 e. The number of aromatic carboxylic acids is 1. The first-order valence-electron chi connectivity index (χ1n) is 17.5. The lowest BCUT2D eigenvalue weighted by Crippen LogP contribution is -2.49. The van der Waals surface area contributed by atoms with Crippen molar-refractivity contribution in [1.29, 1.82) is 0 Å². The number of carboxylic acid groups (broad SMARTS) is 1. The van der Waals surface area contributed by atoms with E-state index in [9.17, 15) is 23.4 Å². The summed E-state index contributed by atoms with van der Waals surface area (Å²) in [4.78, 5) is 22.4. The van der Waals surface area contributed by atoms with E-state index in [0.717, 1.165) is 55.7 Å². The van der Waals surface area contributed by atoms with Crippen LogP contribution in [0.1, 0.15) is 73.4 Å². The van der Waals surface area contributed by atoms with E-state index in [-0.39, 0.29) is 39.8 Å². The van der Waals surface area contributed by atoms with E-state index in [1.807, 2.05) is 25.1 Å². The van der Waals surface area contributed by atoms with Crippen LogP contribution in [0, 0.1) is 23.7 Å².